The highest BCUT2D eigenvalue weighted by molar-refractivity contribution is 7.89. The fourth-order valence-electron chi connectivity index (χ4n) is 6.41. The van der Waals surface area contributed by atoms with Crippen LogP contribution in [0.1, 0.15) is 56.0 Å². The first-order valence-electron chi connectivity index (χ1n) is 12.1. The molecule has 1 amide bonds. The Morgan fingerprint density at radius 1 is 1.15 bits per heavy atom. The molecule has 0 spiro atoms. The molecule has 3 aliphatic rings. The van der Waals surface area contributed by atoms with Gasteiger partial charge in [-0.15, -0.1) is 0 Å². The Bertz CT molecular complexity index is 1070. The summed E-state index contributed by atoms with van der Waals surface area (Å²) in [6.45, 7) is 10.1. The van der Waals surface area contributed by atoms with Gasteiger partial charge in [0.25, 0.3) is 5.91 Å². The van der Waals surface area contributed by atoms with Crippen LogP contribution < -0.4 is 5.32 Å². The Morgan fingerprint density at radius 2 is 1.82 bits per heavy atom. The third kappa shape index (κ3) is 4.38. The first-order chi connectivity index (χ1) is 15.9. The molecular weight excluding hydrogens is 454 g/mol. The number of sulfonamides is 1. The van der Waals surface area contributed by atoms with Crippen molar-refractivity contribution in [3.8, 4) is 0 Å². The van der Waals surface area contributed by atoms with Crippen LogP contribution in [0.2, 0.25) is 0 Å². The number of hydrogen-bond acceptors (Lipinski definition) is 6. The van der Waals surface area contributed by atoms with Crippen molar-refractivity contribution < 1.29 is 22.7 Å². The van der Waals surface area contributed by atoms with E-state index in [1.807, 2.05) is 4.90 Å². The number of rotatable bonds is 6. The number of amides is 1. The quantitative estimate of drug-likeness (QED) is 0.614. The summed E-state index contributed by atoms with van der Waals surface area (Å²) in [4.78, 5) is 26.8. The molecule has 188 valence electrons. The predicted octanol–water partition coefficient (Wildman–Crippen LogP) is 2.42. The normalized spacial score (nSPS) is 29.2. The van der Waals surface area contributed by atoms with Crippen LogP contribution in [-0.4, -0.2) is 75.4 Å². The Balaban J connectivity index is 1.50. The largest absolute Gasteiger partial charge is 0.468 e. The van der Waals surface area contributed by atoms with Crippen molar-refractivity contribution in [1.82, 2.24) is 14.5 Å². The summed E-state index contributed by atoms with van der Waals surface area (Å²) in [6.07, 6.45) is 3.44. The molecule has 1 N–H and O–H groups in total. The highest BCUT2D eigenvalue weighted by Crippen LogP contribution is 2.62. The number of piperazine rings is 1. The van der Waals surface area contributed by atoms with Gasteiger partial charge in [0.1, 0.15) is 0 Å². The van der Waals surface area contributed by atoms with E-state index in [-0.39, 0.29) is 53.3 Å². The van der Waals surface area contributed by atoms with Gasteiger partial charge in [0, 0.05) is 37.8 Å². The summed E-state index contributed by atoms with van der Waals surface area (Å²) in [5.41, 5.74) is 1.09. The van der Waals surface area contributed by atoms with Gasteiger partial charge < -0.3 is 10.1 Å². The smallest absolute Gasteiger partial charge is 0.319 e. The lowest BCUT2D eigenvalue weighted by atomic mass is 9.68. The fraction of sp³-hybridized carbons (Fsp3) is 0.680. The van der Waals surface area contributed by atoms with Crippen molar-refractivity contribution in [2.75, 3.05) is 39.8 Å². The summed E-state index contributed by atoms with van der Waals surface area (Å²) in [6, 6.07) is 5.00. The van der Waals surface area contributed by atoms with E-state index < -0.39 is 10.0 Å². The third-order valence-electron chi connectivity index (χ3n) is 8.52. The molecule has 8 nitrogen and oxygen atoms in total. The van der Waals surface area contributed by atoms with Gasteiger partial charge in [-0.05, 0) is 60.6 Å². The molecule has 0 radical (unpaired) electrons. The minimum absolute atomic E-state index is 0.0200. The van der Waals surface area contributed by atoms with Gasteiger partial charge in [0.05, 0.1) is 18.6 Å². The summed E-state index contributed by atoms with van der Waals surface area (Å²) in [5.74, 6) is 0.0548. The van der Waals surface area contributed by atoms with E-state index in [9.17, 15) is 18.0 Å². The molecule has 1 aromatic carbocycles. The van der Waals surface area contributed by atoms with Crippen LogP contribution >= 0.6 is 0 Å². The molecule has 1 heterocycles. The number of methoxy groups -OCH3 is 1. The van der Waals surface area contributed by atoms with Gasteiger partial charge in [-0.1, -0.05) is 26.8 Å². The standard InChI is InChI=1S/C25H37N3O5S/c1-17-6-7-18(22(30)26-23-24(2,3)19-8-9-25(23,4)15-19)14-20(17)34(31,32)28-12-10-27(11-13-28)16-21(29)33-5/h6-7,14,19,23H,8-13,15-16H2,1-5H3,(H,26,30)/t19-,23?,25-/m1/s1. The molecule has 1 unspecified atom stereocenters. The molecule has 1 aromatic rings. The molecule has 2 bridgehead atoms. The molecule has 3 atom stereocenters. The topological polar surface area (TPSA) is 96.0 Å². The number of hydrogen-bond donors (Lipinski definition) is 1. The molecule has 2 aliphatic carbocycles. The number of carbonyl (C=O) groups excluding carboxylic acids is 2. The molecule has 2 saturated carbocycles. The number of aryl methyl sites for hydroxylation is 1. The van der Waals surface area contributed by atoms with E-state index in [1.165, 1.54) is 23.9 Å². The van der Waals surface area contributed by atoms with Gasteiger partial charge in [0.2, 0.25) is 10.0 Å². The van der Waals surface area contributed by atoms with Crippen molar-refractivity contribution >= 4 is 21.9 Å². The lowest BCUT2D eigenvalue weighted by molar-refractivity contribution is -0.142. The molecule has 3 fully saturated rings. The van der Waals surface area contributed by atoms with Crippen LogP contribution in [0.5, 0.6) is 0 Å². The monoisotopic (exact) mass is 491 g/mol. The van der Waals surface area contributed by atoms with E-state index in [1.54, 1.807) is 19.1 Å². The highest BCUT2D eigenvalue weighted by atomic mass is 32.2. The van der Waals surface area contributed by atoms with E-state index in [4.69, 9.17) is 4.74 Å². The van der Waals surface area contributed by atoms with Crippen LogP contribution in [-0.2, 0) is 19.6 Å². The van der Waals surface area contributed by atoms with Gasteiger partial charge >= 0.3 is 5.97 Å². The molecule has 1 saturated heterocycles. The SMILES string of the molecule is COC(=O)CN1CCN(S(=O)(=O)c2cc(C(=O)NC3C(C)(C)[C@@H]4CC[C@]3(C)C4)ccc2C)CC1. The van der Waals surface area contributed by atoms with Crippen LogP contribution in [0, 0.1) is 23.7 Å². The second-order valence-electron chi connectivity index (χ2n) is 11.1. The summed E-state index contributed by atoms with van der Waals surface area (Å²) < 4.78 is 33.0. The van der Waals surface area contributed by atoms with Crippen molar-refractivity contribution in [2.45, 2.75) is 57.9 Å². The number of nitrogens with zero attached hydrogens (tertiary/aromatic N) is 2. The first kappa shape index (κ1) is 25.1. The van der Waals surface area contributed by atoms with Crippen LogP contribution in [0.25, 0.3) is 0 Å². The average Bonchev–Trinajstić information content (AvgIpc) is 3.28. The third-order valence-corrected chi connectivity index (χ3v) is 10.6. The fourth-order valence-corrected chi connectivity index (χ4v) is 8.08. The Hall–Kier alpha value is -1.97. The van der Waals surface area contributed by atoms with Gasteiger partial charge in [0.15, 0.2) is 0 Å². The second-order valence-corrected chi connectivity index (χ2v) is 13.0. The van der Waals surface area contributed by atoms with E-state index >= 15 is 0 Å². The highest BCUT2D eigenvalue weighted by Gasteiger charge is 2.59. The summed E-state index contributed by atoms with van der Waals surface area (Å²) in [5, 5.41) is 3.27. The minimum Gasteiger partial charge on any atom is -0.468 e. The van der Waals surface area contributed by atoms with Crippen molar-refractivity contribution in [1.29, 1.82) is 0 Å². The number of fused-ring (bicyclic) bond motifs is 2. The number of ether oxygens (including phenoxy) is 1. The van der Waals surface area contributed by atoms with Gasteiger partial charge in [-0.25, -0.2) is 8.42 Å². The number of benzene rings is 1. The zero-order valence-electron chi connectivity index (χ0n) is 20.9. The number of carbonyl (C=O) groups is 2. The molecule has 0 aromatic heterocycles. The van der Waals surface area contributed by atoms with Crippen molar-refractivity contribution in [3.05, 3.63) is 29.3 Å². The lowest BCUT2D eigenvalue weighted by Crippen LogP contribution is -2.52. The maximum absolute atomic E-state index is 13.5. The van der Waals surface area contributed by atoms with Crippen LogP contribution in [0.3, 0.4) is 0 Å². The van der Waals surface area contributed by atoms with Crippen molar-refractivity contribution in [2.24, 2.45) is 16.7 Å². The minimum atomic E-state index is -3.77. The van der Waals surface area contributed by atoms with E-state index in [0.717, 1.165) is 12.8 Å². The Kier molecular flexibility index (Phi) is 6.59. The van der Waals surface area contributed by atoms with Crippen LogP contribution in [0.15, 0.2) is 23.1 Å². The molecule has 4 rings (SSSR count). The molecule has 34 heavy (non-hydrogen) atoms. The van der Waals surface area contributed by atoms with Crippen LogP contribution in [0.4, 0.5) is 0 Å². The Morgan fingerprint density at radius 3 is 2.41 bits per heavy atom. The molecular formula is C25H37N3O5S. The van der Waals surface area contributed by atoms with Gasteiger partial charge in [-0.2, -0.15) is 4.31 Å². The van der Waals surface area contributed by atoms with Gasteiger partial charge in [-0.3, -0.25) is 14.5 Å². The molecule has 9 heteroatoms. The number of esters is 1. The summed E-state index contributed by atoms with van der Waals surface area (Å²) >= 11 is 0. The number of nitrogens with one attached hydrogen (secondary N) is 1. The zero-order valence-corrected chi connectivity index (χ0v) is 21.7. The van der Waals surface area contributed by atoms with E-state index in [0.29, 0.717) is 30.1 Å². The maximum Gasteiger partial charge on any atom is 0.319 e. The van der Waals surface area contributed by atoms with E-state index in [2.05, 4.69) is 26.1 Å². The zero-order chi connectivity index (χ0) is 24.9. The lowest BCUT2D eigenvalue weighted by Gasteiger charge is -2.43. The first-order valence-corrected chi connectivity index (χ1v) is 13.5. The summed E-state index contributed by atoms with van der Waals surface area (Å²) in [7, 11) is -2.43. The van der Waals surface area contributed by atoms with Crippen molar-refractivity contribution in [3.63, 3.8) is 0 Å². The second kappa shape index (κ2) is 8.91. The molecule has 1 aliphatic heterocycles. The Labute approximate surface area is 203 Å². The maximum atomic E-state index is 13.5. The average molecular weight is 492 g/mol. The predicted molar refractivity (Wildman–Crippen MR) is 129 cm³/mol.